The zero-order valence-corrected chi connectivity index (χ0v) is 14.1. The third-order valence-corrected chi connectivity index (χ3v) is 3.93. The monoisotopic (exact) mass is 330 g/mol. The van der Waals surface area contributed by atoms with E-state index in [1.807, 2.05) is 61.0 Å². The SMILES string of the molecule is Cc1cc(C)n(-c2cccc(Cc3cccc(-c4ncc[nH]4)n3)n2)n1. The molecule has 124 valence electrons. The second kappa shape index (κ2) is 6.32. The number of hydrogen-bond donors (Lipinski definition) is 1. The van der Waals surface area contributed by atoms with Crippen molar-refractivity contribution in [3.8, 4) is 17.3 Å². The summed E-state index contributed by atoms with van der Waals surface area (Å²) in [5.74, 6) is 1.59. The maximum atomic E-state index is 4.74. The summed E-state index contributed by atoms with van der Waals surface area (Å²) in [6.45, 7) is 4.01. The van der Waals surface area contributed by atoms with Crippen LogP contribution in [-0.4, -0.2) is 29.7 Å². The van der Waals surface area contributed by atoms with E-state index in [1.54, 1.807) is 12.4 Å². The summed E-state index contributed by atoms with van der Waals surface area (Å²) in [5, 5.41) is 4.50. The summed E-state index contributed by atoms with van der Waals surface area (Å²) < 4.78 is 1.87. The Balaban J connectivity index is 1.62. The van der Waals surface area contributed by atoms with Crippen LogP contribution in [0.2, 0.25) is 0 Å². The second-order valence-corrected chi connectivity index (χ2v) is 5.95. The molecular weight excluding hydrogens is 312 g/mol. The normalized spacial score (nSPS) is 11.0. The number of nitrogens with one attached hydrogen (secondary N) is 1. The lowest BCUT2D eigenvalue weighted by Gasteiger charge is -2.07. The highest BCUT2D eigenvalue weighted by Crippen LogP contribution is 2.15. The lowest BCUT2D eigenvalue weighted by atomic mass is 10.2. The van der Waals surface area contributed by atoms with Gasteiger partial charge < -0.3 is 4.98 Å². The van der Waals surface area contributed by atoms with E-state index in [1.165, 1.54) is 0 Å². The summed E-state index contributed by atoms with van der Waals surface area (Å²) in [4.78, 5) is 16.8. The Morgan fingerprint density at radius 1 is 1.00 bits per heavy atom. The standard InChI is InChI=1S/C19H18N6/c1-13-11-14(2)25(24-13)18-8-4-6-16(23-18)12-15-5-3-7-17(22-15)19-20-9-10-21-19/h3-11H,12H2,1-2H3,(H,20,21). The van der Waals surface area contributed by atoms with Gasteiger partial charge in [0.25, 0.3) is 0 Å². The van der Waals surface area contributed by atoms with Crippen LogP contribution in [0.3, 0.4) is 0 Å². The molecule has 4 aromatic heterocycles. The molecule has 4 aromatic rings. The van der Waals surface area contributed by atoms with Crippen molar-refractivity contribution in [2.24, 2.45) is 0 Å². The Morgan fingerprint density at radius 2 is 1.80 bits per heavy atom. The smallest absolute Gasteiger partial charge is 0.155 e. The van der Waals surface area contributed by atoms with E-state index in [-0.39, 0.29) is 0 Å². The van der Waals surface area contributed by atoms with Crippen LogP contribution in [0.5, 0.6) is 0 Å². The Morgan fingerprint density at radius 3 is 2.52 bits per heavy atom. The van der Waals surface area contributed by atoms with Gasteiger partial charge in [-0.05, 0) is 44.2 Å². The minimum Gasteiger partial charge on any atom is -0.343 e. The molecule has 0 radical (unpaired) electrons. The fraction of sp³-hybridized carbons (Fsp3) is 0.158. The Labute approximate surface area is 145 Å². The molecule has 6 heteroatoms. The van der Waals surface area contributed by atoms with E-state index in [0.717, 1.165) is 40.1 Å². The van der Waals surface area contributed by atoms with E-state index in [4.69, 9.17) is 4.98 Å². The van der Waals surface area contributed by atoms with Gasteiger partial charge in [-0.1, -0.05) is 12.1 Å². The van der Waals surface area contributed by atoms with Crippen LogP contribution in [0.1, 0.15) is 22.8 Å². The molecule has 25 heavy (non-hydrogen) atoms. The number of aryl methyl sites for hydroxylation is 2. The first-order valence-electron chi connectivity index (χ1n) is 8.14. The van der Waals surface area contributed by atoms with Crippen LogP contribution in [0.25, 0.3) is 17.3 Å². The molecule has 0 spiro atoms. The molecule has 4 heterocycles. The number of hydrogen-bond acceptors (Lipinski definition) is 4. The van der Waals surface area contributed by atoms with Gasteiger partial charge in [0.2, 0.25) is 0 Å². The summed E-state index contributed by atoms with van der Waals surface area (Å²) in [5.41, 5.74) is 4.79. The average Bonchev–Trinajstić information content (AvgIpc) is 3.25. The maximum Gasteiger partial charge on any atom is 0.155 e. The van der Waals surface area contributed by atoms with Crippen molar-refractivity contribution in [2.45, 2.75) is 20.3 Å². The number of rotatable bonds is 4. The molecular formula is C19H18N6. The number of aromatic nitrogens is 6. The van der Waals surface area contributed by atoms with Gasteiger partial charge in [0.05, 0.1) is 5.69 Å². The summed E-state index contributed by atoms with van der Waals surface area (Å²) in [6, 6.07) is 14.0. The molecule has 0 aliphatic carbocycles. The first kappa shape index (κ1) is 15.3. The van der Waals surface area contributed by atoms with Crippen molar-refractivity contribution < 1.29 is 0 Å². The quantitative estimate of drug-likeness (QED) is 0.623. The average molecular weight is 330 g/mol. The van der Waals surface area contributed by atoms with E-state index in [2.05, 4.69) is 20.1 Å². The zero-order valence-electron chi connectivity index (χ0n) is 14.1. The van der Waals surface area contributed by atoms with Gasteiger partial charge in [0.15, 0.2) is 11.6 Å². The van der Waals surface area contributed by atoms with Crippen LogP contribution in [0.15, 0.2) is 54.9 Å². The molecule has 0 unspecified atom stereocenters. The molecule has 6 nitrogen and oxygen atoms in total. The van der Waals surface area contributed by atoms with Crippen molar-refractivity contribution in [2.75, 3.05) is 0 Å². The van der Waals surface area contributed by atoms with E-state index in [9.17, 15) is 0 Å². The van der Waals surface area contributed by atoms with Crippen molar-refractivity contribution in [3.05, 3.63) is 77.6 Å². The Kier molecular flexibility index (Phi) is 3.85. The minimum atomic E-state index is 0.654. The molecule has 0 amide bonds. The zero-order chi connectivity index (χ0) is 17.2. The van der Waals surface area contributed by atoms with Crippen molar-refractivity contribution in [1.82, 2.24) is 29.7 Å². The molecule has 0 fully saturated rings. The summed E-state index contributed by atoms with van der Waals surface area (Å²) >= 11 is 0. The van der Waals surface area contributed by atoms with Crippen LogP contribution in [0, 0.1) is 13.8 Å². The molecule has 1 N–H and O–H groups in total. The number of pyridine rings is 2. The summed E-state index contributed by atoms with van der Waals surface area (Å²) in [6.07, 6.45) is 4.17. The van der Waals surface area contributed by atoms with Gasteiger partial charge in [-0.15, -0.1) is 0 Å². The minimum absolute atomic E-state index is 0.654. The number of H-pyrrole nitrogens is 1. The predicted octanol–water partition coefficient (Wildman–Crippen LogP) is 3.26. The number of aromatic amines is 1. The Bertz CT molecular complexity index is 1000. The maximum absolute atomic E-state index is 4.74. The van der Waals surface area contributed by atoms with Crippen LogP contribution in [-0.2, 0) is 6.42 Å². The summed E-state index contributed by atoms with van der Waals surface area (Å²) in [7, 11) is 0. The third kappa shape index (κ3) is 3.19. The topological polar surface area (TPSA) is 72.3 Å². The van der Waals surface area contributed by atoms with Gasteiger partial charge in [-0.3, -0.25) is 0 Å². The van der Waals surface area contributed by atoms with Crippen LogP contribution < -0.4 is 0 Å². The lowest BCUT2D eigenvalue weighted by molar-refractivity contribution is 0.797. The molecule has 0 atom stereocenters. The number of nitrogens with zero attached hydrogens (tertiary/aromatic N) is 5. The van der Waals surface area contributed by atoms with Crippen molar-refractivity contribution in [1.29, 1.82) is 0 Å². The van der Waals surface area contributed by atoms with Crippen LogP contribution in [0.4, 0.5) is 0 Å². The van der Waals surface area contributed by atoms with Gasteiger partial charge in [0, 0.05) is 35.9 Å². The highest BCUT2D eigenvalue weighted by atomic mass is 15.3. The molecule has 0 saturated carbocycles. The molecule has 0 bridgehead atoms. The van der Waals surface area contributed by atoms with Crippen LogP contribution >= 0.6 is 0 Å². The molecule has 0 aliphatic heterocycles. The second-order valence-electron chi connectivity index (χ2n) is 5.95. The molecule has 0 aromatic carbocycles. The van der Waals surface area contributed by atoms with Crippen molar-refractivity contribution in [3.63, 3.8) is 0 Å². The predicted molar refractivity (Wildman–Crippen MR) is 95.5 cm³/mol. The lowest BCUT2D eigenvalue weighted by Crippen LogP contribution is -2.04. The fourth-order valence-electron chi connectivity index (χ4n) is 2.85. The largest absolute Gasteiger partial charge is 0.343 e. The Hall–Kier alpha value is -3.28. The van der Waals surface area contributed by atoms with E-state index < -0.39 is 0 Å². The molecule has 0 aliphatic rings. The van der Waals surface area contributed by atoms with Gasteiger partial charge in [-0.25, -0.2) is 19.6 Å². The van der Waals surface area contributed by atoms with Crippen molar-refractivity contribution >= 4 is 0 Å². The molecule has 0 saturated heterocycles. The highest BCUT2D eigenvalue weighted by Gasteiger charge is 2.08. The van der Waals surface area contributed by atoms with Gasteiger partial charge >= 0.3 is 0 Å². The molecule has 4 rings (SSSR count). The first-order chi connectivity index (χ1) is 12.2. The third-order valence-electron chi connectivity index (χ3n) is 3.93. The fourth-order valence-corrected chi connectivity index (χ4v) is 2.85. The first-order valence-corrected chi connectivity index (χ1v) is 8.14. The number of imidazole rings is 1. The van der Waals surface area contributed by atoms with Gasteiger partial charge in [-0.2, -0.15) is 5.10 Å². The van der Waals surface area contributed by atoms with Gasteiger partial charge in [0.1, 0.15) is 5.69 Å². The highest BCUT2D eigenvalue weighted by molar-refractivity contribution is 5.48. The van der Waals surface area contributed by atoms with E-state index >= 15 is 0 Å². The van der Waals surface area contributed by atoms with E-state index in [0.29, 0.717) is 6.42 Å².